The van der Waals surface area contributed by atoms with Crippen LogP contribution in [0.5, 0.6) is 0 Å². The van der Waals surface area contributed by atoms with Crippen LogP contribution in [0.4, 0.5) is 0 Å². The standard InChI is InChI=1S/C16H15O4P.Li/c1-10-9-11(2)15(16(17)20-21(18)19)12(3)14(10)13-7-5-4-6-8-13;/h4-9H,1-3H3;/q;+1. The molecule has 0 aliphatic carbocycles. The quantitative estimate of drug-likeness (QED) is 0.610. The van der Waals surface area contributed by atoms with Crippen molar-refractivity contribution in [3.63, 3.8) is 0 Å². The van der Waals surface area contributed by atoms with Gasteiger partial charge in [-0.15, -0.1) is 0 Å². The van der Waals surface area contributed by atoms with Crippen LogP contribution in [0.2, 0.25) is 0 Å². The van der Waals surface area contributed by atoms with Crippen molar-refractivity contribution in [3.05, 3.63) is 58.7 Å². The Hall–Kier alpha value is -1.43. The topological polar surface area (TPSA) is 66.4 Å². The first-order valence-electron chi connectivity index (χ1n) is 6.44. The number of carbonyl (C=O) groups excluding carboxylic acids is 1. The Bertz CT molecular complexity index is 714. The maximum Gasteiger partial charge on any atom is 1.00 e. The molecule has 0 aliphatic heterocycles. The molecule has 2 aromatic carbocycles. The van der Waals surface area contributed by atoms with E-state index in [2.05, 4.69) is 4.52 Å². The van der Waals surface area contributed by atoms with Gasteiger partial charge in [0.05, 0.1) is 5.56 Å². The van der Waals surface area contributed by atoms with Crippen molar-refractivity contribution >= 4 is 14.2 Å². The van der Waals surface area contributed by atoms with Crippen molar-refractivity contribution < 1.29 is 37.6 Å². The second-order valence-corrected chi connectivity index (χ2v) is 5.48. The molecular formula is C16H15LiO4P+. The van der Waals surface area contributed by atoms with Gasteiger partial charge in [0.15, 0.2) is 0 Å². The van der Waals surface area contributed by atoms with Gasteiger partial charge in [0.2, 0.25) is 0 Å². The summed E-state index contributed by atoms with van der Waals surface area (Å²) in [5, 5.41) is 0. The van der Waals surface area contributed by atoms with Gasteiger partial charge < -0.3 is 4.89 Å². The molecule has 0 amide bonds. The Morgan fingerprint density at radius 3 is 2.23 bits per heavy atom. The SMILES string of the molecule is Cc1cc(C)c(-c2ccccc2)c(C)c1C(=O)O[P+](=O)[O-].[Li+]. The van der Waals surface area contributed by atoms with E-state index >= 15 is 0 Å². The van der Waals surface area contributed by atoms with Crippen molar-refractivity contribution in [3.8, 4) is 11.1 Å². The van der Waals surface area contributed by atoms with E-state index in [1.807, 2.05) is 43.3 Å². The number of rotatable bonds is 3. The summed E-state index contributed by atoms with van der Waals surface area (Å²) >= 11 is 0. The second kappa shape index (κ2) is 7.72. The second-order valence-electron chi connectivity index (χ2n) is 4.85. The molecule has 0 heterocycles. The minimum Gasteiger partial charge on any atom is -0.558 e. The van der Waals surface area contributed by atoms with Crippen LogP contribution >= 0.6 is 8.25 Å². The van der Waals surface area contributed by atoms with Gasteiger partial charge in [-0.05, 0) is 53.2 Å². The van der Waals surface area contributed by atoms with Crippen molar-refractivity contribution in [1.82, 2.24) is 0 Å². The van der Waals surface area contributed by atoms with Crippen molar-refractivity contribution in [2.24, 2.45) is 0 Å². The molecule has 2 rings (SSSR count). The van der Waals surface area contributed by atoms with E-state index < -0.39 is 14.2 Å². The molecule has 0 aliphatic rings. The van der Waals surface area contributed by atoms with E-state index in [1.165, 1.54) is 0 Å². The maximum atomic E-state index is 12.0. The number of aryl methyl sites for hydroxylation is 2. The molecule has 1 atom stereocenters. The Balaban J connectivity index is 0.00000242. The van der Waals surface area contributed by atoms with E-state index in [4.69, 9.17) is 0 Å². The smallest absolute Gasteiger partial charge is 0.558 e. The molecule has 0 N–H and O–H groups in total. The third-order valence-corrected chi connectivity index (χ3v) is 3.71. The van der Waals surface area contributed by atoms with Gasteiger partial charge in [-0.2, -0.15) is 0 Å². The van der Waals surface area contributed by atoms with Crippen LogP contribution < -0.4 is 23.8 Å². The predicted octanol–water partition coefficient (Wildman–Crippen LogP) is 0.457. The van der Waals surface area contributed by atoms with Gasteiger partial charge in [-0.25, -0.2) is 9.32 Å². The molecule has 22 heavy (non-hydrogen) atoms. The van der Waals surface area contributed by atoms with Crippen LogP contribution in [0.25, 0.3) is 11.1 Å². The number of hydrogen-bond donors (Lipinski definition) is 0. The molecule has 4 nitrogen and oxygen atoms in total. The van der Waals surface area contributed by atoms with Crippen LogP contribution in [0.15, 0.2) is 36.4 Å². The molecule has 1 unspecified atom stereocenters. The predicted molar refractivity (Wildman–Crippen MR) is 79.1 cm³/mol. The van der Waals surface area contributed by atoms with Gasteiger partial charge in [0.1, 0.15) is 0 Å². The molecule has 0 fully saturated rings. The summed E-state index contributed by atoms with van der Waals surface area (Å²) in [6.07, 6.45) is 0. The fraction of sp³-hybridized carbons (Fsp3) is 0.188. The van der Waals surface area contributed by atoms with Crippen LogP contribution in [-0.4, -0.2) is 5.97 Å². The molecular weight excluding hydrogens is 294 g/mol. The van der Waals surface area contributed by atoms with Gasteiger partial charge in [-0.1, -0.05) is 36.4 Å². The average Bonchev–Trinajstić information content (AvgIpc) is 2.38. The Kier molecular flexibility index (Phi) is 6.53. The molecule has 0 spiro atoms. The van der Waals surface area contributed by atoms with Gasteiger partial charge in [0.25, 0.3) is 0 Å². The monoisotopic (exact) mass is 309 g/mol. The summed E-state index contributed by atoms with van der Waals surface area (Å²) in [7, 11) is -3.21. The molecule has 0 radical (unpaired) electrons. The number of benzene rings is 2. The van der Waals surface area contributed by atoms with Crippen LogP contribution in [0.1, 0.15) is 27.0 Å². The molecule has 2 aromatic rings. The third kappa shape index (κ3) is 3.85. The first-order valence-corrected chi connectivity index (χ1v) is 7.54. The van der Waals surface area contributed by atoms with Crippen molar-refractivity contribution in [1.29, 1.82) is 0 Å². The zero-order valence-electron chi connectivity index (χ0n) is 13.0. The molecule has 108 valence electrons. The average molecular weight is 309 g/mol. The summed E-state index contributed by atoms with van der Waals surface area (Å²) in [4.78, 5) is 22.6. The van der Waals surface area contributed by atoms with Crippen molar-refractivity contribution in [2.75, 3.05) is 0 Å². The fourth-order valence-corrected chi connectivity index (χ4v) is 2.89. The number of hydrogen-bond acceptors (Lipinski definition) is 4. The largest absolute Gasteiger partial charge is 1.00 e. The molecule has 0 bridgehead atoms. The van der Waals surface area contributed by atoms with Crippen LogP contribution in [0.3, 0.4) is 0 Å². The Morgan fingerprint density at radius 2 is 1.68 bits per heavy atom. The normalized spacial score (nSPS) is 10.6. The summed E-state index contributed by atoms with van der Waals surface area (Å²) < 4.78 is 15.0. The van der Waals surface area contributed by atoms with E-state index in [0.717, 1.165) is 22.3 Å². The first kappa shape index (κ1) is 18.6. The van der Waals surface area contributed by atoms with Crippen molar-refractivity contribution in [2.45, 2.75) is 20.8 Å². The van der Waals surface area contributed by atoms with Gasteiger partial charge in [-0.3, -0.25) is 0 Å². The summed E-state index contributed by atoms with van der Waals surface area (Å²) in [6, 6.07) is 11.5. The molecule has 0 aromatic heterocycles. The van der Waals surface area contributed by atoms with E-state index in [0.29, 0.717) is 11.1 Å². The molecule has 0 saturated heterocycles. The zero-order valence-corrected chi connectivity index (χ0v) is 13.9. The first-order chi connectivity index (χ1) is 9.91. The van der Waals surface area contributed by atoms with E-state index in [1.54, 1.807) is 13.8 Å². The molecule has 0 saturated carbocycles. The maximum absolute atomic E-state index is 12.0. The minimum absolute atomic E-state index is 0. The third-order valence-electron chi connectivity index (χ3n) is 3.40. The summed E-state index contributed by atoms with van der Waals surface area (Å²) in [5.41, 5.74) is 4.66. The zero-order chi connectivity index (χ0) is 15.6. The van der Waals surface area contributed by atoms with E-state index in [9.17, 15) is 14.3 Å². The Morgan fingerprint density at radius 1 is 1.09 bits per heavy atom. The molecule has 6 heteroatoms. The van der Waals surface area contributed by atoms with Gasteiger partial charge in [0, 0.05) is 0 Å². The van der Waals surface area contributed by atoms with Crippen LogP contribution in [-0.2, 0) is 9.09 Å². The number of carbonyl (C=O) groups is 1. The van der Waals surface area contributed by atoms with Gasteiger partial charge >= 0.3 is 33.1 Å². The fourth-order valence-electron chi connectivity index (χ4n) is 2.66. The Labute approximate surface area is 142 Å². The van der Waals surface area contributed by atoms with Crippen LogP contribution in [0, 0.1) is 20.8 Å². The summed E-state index contributed by atoms with van der Waals surface area (Å²) in [6.45, 7) is 5.53. The van der Waals surface area contributed by atoms with E-state index in [-0.39, 0.29) is 18.9 Å². The summed E-state index contributed by atoms with van der Waals surface area (Å²) in [5.74, 6) is -0.835. The minimum atomic E-state index is -3.21.